The van der Waals surface area contributed by atoms with Crippen molar-refractivity contribution in [2.24, 2.45) is 0 Å². The largest absolute Gasteiger partial charge is 0.389 e. The number of rotatable bonds is 6. The molecule has 0 aromatic rings. The van der Waals surface area contributed by atoms with E-state index in [2.05, 4.69) is 10.0 Å². The lowest BCUT2D eigenvalue weighted by atomic mass is 10.2. The molecule has 17 heavy (non-hydrogen) atoms. The van der Waals surface area contributed by atoms with Crippen LogP contribution in [0.3, 0.4) is 0 Å². The maximum Gasteiger partial charge on any atom is 0.389 e. The normalized spacial score (nSPS) is 21.9. The van der Waals surface area contributed by atoms with Gasteiger partial charge < -0.3 is 5.32 Å². The fourth-order valence-corrected chi connectivity index (χ4v) is 2.82. The Balaban J connectivity index is 2.21. The van der Waals surface area contributed by atoms with E-state index in [1.165, 1.54) is 0 Å². The lowest BCUT2D eigenvalue weighted by Crippen LogP contribution is -2.38. The van der Waals surface area contributed by atoms with Crippen LogP contribution in [0, 0.1) is 0 Å². The first-order chi connectivity index (χ1) is 7.79. The molecule has 2 N–H and O–H groups in total. The Morgan fingerprint density at radius 1 is 1.35 bits per heavy atom. The molecule has 102 valence electrons. The molecule has 0 radical (unpaired) electrons. The van der Waals surface area contributed by atoms with Gasteiger partial charge in [0.05, 0.1) is 5.75 Å². The number of sulfonamides is 1. The Morgan fingerprint density at radius 2 is 2.06 bits per heavy atom. The smallest absolute Gasteiger partial charge is 0.313 e. The topological polar surface area (TPSA) is 58.2 Å². The summed E-state index contributed by atoms with van der Waals surface area (Å²) >= 11 is 0. The summed E-state index contributed by atoms with van der Waals surface area (Å²) in [5.74, 6) is -0.473. The van der Waals surface area contributed by atoms with Crippen molar-refractivity contribution in [3.8, 4) is 0 Å². The quantitative estimate of drug-likeness (QED) is 0.759. The van der Waals surface area contributed by atoms with E-state index in [0.717, 1.165) is 19.4 Å². The Hall–Kier alpha value is -0.340. The molecule has 0 aromatic heterocycles. The van der Waals surface area contributed by atoms with Crippen molar-refractivity contribution >= 4 is 10.0 Å². The molecule has 0 aliphatic carbocycles. The zero-order valence-corrected chi connectivity index (χ0v) is 10.2. The van der Waals surface area contributed by atoms with E-state index in [4.69, 9.17) is 0 Å². The van der Waals surface area contributed by atoms with E-state index in [1.807, 2.05) is 0 Å². The molecular weight excluding hydrogens is 257 g/mol. The summed E-state index contributed by atoms with van der Waals surface area (Å²) in [6.45, 7) is 1.12. The van der Waals surface area contributed by atoms with Crippen molar-refractivity contribution in [1.82, 2.24) is 10.0 Å². The van der Waals surface area contributed by atoms with Gasteiger partial charge >= 0.3 is 6.18 Å². The van der Waals surface area contributed by atoms with Crippen molar-refractivity contribution in [1.29, 1.82) is 0 Å². The number of hydrogen-bond acceptors (Lipinski definition) is 3. The molecule has 1 aliphatic heterocycles. The molecule has 0 amide bonds. The van der Waals surface area contributed by atoms with Crippen LogP contribution in [0.4, 0.5) is 13.2 Å². The minimum Gasteiger partial charge on any atom is -0.313 e. The van der Waals surface area contributed by atoms with Gasteiger partial charge in [-0.1, -0.05) is 0 Å². The van der Waals surface area contributed by atoms with Crippen LogP contribution in [0.5, 0.6) is 0 Å². The average Bonchev–Trinajstić information content (AvgIpc) is 2.64. The molecule has 0 saturated carbocycles. The first-order valence-electron chi connectivity index (χ1n) is 5.56. The molecule has 1 unspecified atom stereocenters. The van der Waals surface area contributed by atoms with Crippen LogP contribution in [-0.2, 0) is 10.0 Å². The zero-order valence-electron chi connectivity index (χ0n) is 9.39. The van der Waals surface area contributed by atoms with Crippen LogP contribution in [0.2, 0.25) is 0 Å². The van der Waals surface area contributed by atoms with Crippen molar-refractivity contribution in [3.05, 3.63) is 0 Å². The summed E-state index contributed by atoms with van der Waals surface area (Å²) in [5.41, 5.74) is 0. The summed E-state index contributed by atoms with van der Waals surface area (Å²) in [6.07, 6.45) is -3.85. The molecule has 1 rings (SSSR count). The summed E-state index contributed by atoms with van der Waals surface area (Å²) in [7, 11) is -3.58. The van der Waals surface area contributed by atoms with E-state index in [1.54, 1.807) is 0 Å². The van der Waals surface area contributed by atoms with Crippen molar-refractivity contribution in [2.75, 3.05) is 18.8 Å². The van der Waals surface area contributed by atoms with Crippen LogP contribution in [0.1, 0.15) is 25.7 Å². The van der Waals surface area contributed by atoms with Crippen LogP contribution in [-0.4, -0.2) is 39.5 Å². The Bertz CT molecular complexity index is 324. The van der Waals surface area contributed by atoms with Gasteiger partial charge in [-0.05, 0) is 25.8 Å². The van der Waals surface area contributed by atoms with E-state index in [0.29, 0.717) is 0 Å². The number of nitrogens with one attached hydrogen (secondary N) is 2. The third kappa shape index (κ3) is 6.85. The van der Waals surface area contributed by atoms with Gasteiger partial charge in [-0.25, -0.2) is 13.1 Å². The van der Waals surface area contributed by atoms with Gasteiger partial charge in [-0.3, -0.25) is 0 Å². The third-order valence-corrected chi connectivity index (χ3v) is 4.02. The Labute approximate surface area is 99.0 Å². The van der Waals surface area contributed by atoms with E-state index in [-0.39, 0.29) is 12.6 Å². The molecular formula is C9H17F3N2O2S. The first kappa shape index (κ1) is 14.7. The summed E-state index contributed by atoms with van der Waals surface area (Å²) in [5, 5.41) is 3.10. The predicted molar refractivity (Wildman–Crippen MR) is 58.1 cm³/mol. The van der Waals surface area contributed by atoms with Crippen LogP contribution in [0.15, 0.2) is 0 Å². The second-order valence-electron chi connectivity index (χ2n) is 4.18. The monoisotopic (exact) mass is 274 g/mol. The minimum atomic E-state index is -4.29. The highest BCUT2D eigenvalue weighted by Gasteiger charge is 2.27. The predicted octanol–water partition coefficient (Wildman–Crippen LogP) is 1.00. The molecule has 4 nitrogen and oxygen atoms in total. The van der Waals surface area contributed by atoms with Gasteiger partial charge in [0, 0.05) is 19.0 Å². The molecule has 0 bridgehead atoms. The lowest BCUT2D eigenvalue weighted by molar-refractivity contribution is -0.134. The molecule has 1 fully saturated rings. The third-order valence-electron chi connectivity index (χ3n) is 2.59. The van der Waals surface area contributed by atoms with Crippen LogP contribution < -0.4 is 10.0 Å². The number of hydrogen-bond donors (Lipinski definition) is 2. The van der Waals surface area contributed by atoms with Gasteiger partial charge in [0.25, 0.3) is 0 Å². The highest BCUT2D eigenvalue weighted by molar-refractivity contribution is 7.89. The maximum absolute atomic E-state index is 11.8. The molecule has 0 spiro atoms. The van der Waals surface area contributed by atoms with Crippen LogP contribution >= 0.6 is 0 Å². The Kier molecular flexibility index (Phi) is 5.21. The summed E-state index contributed by atoms with van der Waals surface area (Å²) < 4.78 is 60.6. The fourth-order valence-electron chi connectivity index (χ4n) is 1.69. The standard InChI is InChI=1S/C9H17F3N2O2S/c10-9(11,12)4-2-6-17(15,16)14-7-8-3-1-5-13-8/h8,13-14H,1-7H2. The zero-order chi connectivity index (χ0) is 12.9. The molecule has 1 saturated heterocycles. The maximum atomic E-state index is 11.8. The molecule has 1 atom stereocenters. The average molecular weight is 274 g/mol. The van der Waals surface area contributed by atoms with E-state index >= 15 is 0 Å². The van der Waals surface area contributed by atoms with E-state index < -0.39 is 34.8 Å². The van der Waals surface area contributed by atoms with Crippen molar-refractivity contribution < 1.29 is 21.6 Å². The highest BCUT2D eigenvalue weighted by Crippen LogP contribution is 2.21. The molecule has 8 heteroatoms. The number of alkyl halides is 3. The van der Waals surface area contributed by atoms with Crippen LogP contribution in [0.25, 0.3) is 0 Å². The number of halogens is 3. The van der Waals surface area contributed by atoms with Crippen molar-refractivity contribution in [2.45, 2.75) is 37.9 Å². The van der Waals surface area contributed by atoms with Gasteiger partial charge in [0.2, 0.25) is 10.0 Å². The second kappa shape index (κ2) is 6.01. The summed E-state index contributed by atoms with van der Waals surface area (Å²) in [4.78, 5) is 0. The molecule has 1 heterocycles. The second-order valence-corrected chi connectivity index (χ2v) is 6.11. The summed E-state index contributed by atoms with van der Waals surface area (Å²) in [6, 6.07) is 0.104. The first-order valence-corrected chi connectivity index (χ1v) is 7.21. The SMILES string of the molecule is O=S(=O)(CCCC(F)(F)F)NCC1CCCN1. The van der Waals surface area contributed by atoms with Crippen molar-refractivity contribution in [3.63, 3.8) is 0 Å². The van der Waals surface area contributed by atoms with Gasteiger partial charge in [-0.2, -0.15) is 13.2 Å². The Morgan fingerprint density at radius 3 is 2.59 bits per heavy atom. The fraction of sp³-hybridized carbons (Fsp3) is 1.00. The van der Waals surface area contributed by atoms with Gasteiger partial charge in [0.15, 0.2) is 0 Å². The van der Waals surface area contributed by atoms with Gasteiger partial charge in [0.1, 0.15) is 0 Å². The molecule has 0 aromatic carbocycles. The lowest BCUT2D eigenvalue weighted by Gasteiger charge is -2.12. The minimum absolute atomic E-state index is 0.104. The van der Waals surface area contributed by atoms with E-state index in [9.17, 15) is 21.6 Å². The highest BCUT2D eigenvalue weighted by atomic mass is 32.2. The molecule has 1 aliphatic rings. The van der Waals surface area contributed by atoms with Gasteiger partial charge in [-0.15, -0.1) is 0 Å².